The maximum atomic E-state index is 16.0. The van der Waals surface area contributed by atoms with Crippen molar-refractivity contribution in [3.05, 3.63) is 137 Å². The second-order valence-corrected chi connectivity index (χ2v) is 14.1. The molecule has 4 nitrogen and oxygen atoms in total. The molecule has 1 aliphatic heterocycles. The zero-order valence-electron chi connectivity index (χ0n) is 27.4. The van der Waals surface area contributed by atoms with Gasteiger partial charge in [0.25, 0.3) is 0 Å². The van der Waals surface area contributed by atoms with Crippen LogP contribution in [0.1, 0.15) is 65.0 Å². The molecule has 3 unspecified atom stereocenters. The highest BCUT2D eigenvalue weighted by atomic mass is 19.2. The van der Waals surface area contributed by atoms with E-state index in [9.17, 15) is 5.11 Å². The fraction of sp³-hybridized carbons (Fsp3) is 0.302. The van der Waals surface area contributed by atoms with Crippen LogP contribution in [0, 0.1) is 0 Å². The van der Waals surface area contributed by atoms with Crippen molar-refractivity contribution in [1.29, 1.82) is 0 Å². The van der Waals surface area contributed by atoms with Gasteiger partial charge in [0.2, 0.25) is 0 Å². The summed E-state index contributed by atoms with van der Waals surface area (Å²) in [7, 11) is 0. The summed E-state index contributed by atoms with van der Waals surface area (Å²) in [5.74, 6) is 1.07. The minimum atomic E-state index is -1.68. The Balaban J connectivity index is 0.877. The van der Waals surface area contributed by atoms with Gasteiger partial charge < -0.3 is 9.84 Å². The summed E-state index contributed by atoms with van der Waals surface area (Å²) in [6, 6.07) is 36.6. The number of hydrogen-bond acceptors (Lipinski definition) is 4. The van der Waals surface area contributed by atoms with Crippen LogP contribution < -0.4 is 4.74 Å². The maximum Gasteiger partial charge on any atom is 0.161 e. The lowest BCUT2D eigenvalue weighted by molar-refractivity contribution is 0.0400. The molecule has 4 atom stereocenters. The van der Waals surface area contributed by atoms with E-state index in [4.69, 9.17) is 4.74 Å². The Morgan fingerprint density at radius 3 is 2.08 bits per heavy atom. The number of aliphatic hydroxyl groups is 1. The first-order valence-corrected chi connectivity index (χ1v) is 17.6. The lowest BCUT2D eigenvalue weighted by Crippen LogP contribution is -2.50. The van der Waals surface area contributed by atoms with Gasteiger partial charge in [-0.05, 0) is 91.0 Å². The van der Waals surface area contributed by atoms with E-state index in [2.05, 4.69) is 70.5 Å². The number of piperazine rings is 1. The second kappa shape index (κ2) is 12.5. The number of benzene rings is 6. The third-order valence-electron chi connectivity index (χ3n) is 11.0. The molecule has 0 spiro atoms. The van der Waals surface area contributed by atoms with E-state index in [-0.39, 0.29) is 12.6 Å². The fourth-order valence-electron chi connectivity index (χ4n) is 8.43. The topological polar surface area (TPSA) is 35.9 Å². The molecule has 0 aromatic heterocycles. The van der Waals surface area contributed by atoms with Crippen molar-refractivity contribution in [3.8, 4) is 5.75 Å². The predicted octanol–water partition coefficient (Wildman–Crippen LogP) is 9.21. The first kappa shape index (κ1) is 30.7. The van der Waals surface area contributed by atoms with Gasteiger partial charge in [-0.25, -0.2) is 8.78 Å². The van der Waals surface area contributed by atoms with E-state index in [1.807, 2.05) is 42.5 Å². The maximum absolute atomic E-state index is 16.0. The van der Waals surface area contributed by atoms with Gasteiger partial charge in [-0.2, -0.15) is 0 Å². The molecule has 1 saturated heterocycles. The van der Waals surface area contributed by atoms with E-state index in [1.165, 1.54) is 26.9 Å². The molecule has 2 fully saturated rings. The van der Waals surface area contributed by atoms with E-state index < -0.39 is 18.4 Å². The highest BCUT2D eigenvalue weighted by Gasteiger charge is 2.42. The van der Waals surface area contributed by atoms with Crippen molar-refractivity contribution < 1.29 is 18.6 Å². The van der Waals surface area contributed by atoms with Crippen LogP contribution in [0.4, 0.5) is 8.78 Å². The monoisotopic (exact) mass is 654 g/mol. The van der Waals surface area contributed by atoms with E-state index in [0.29, 0.717) is 23.6 Å². The van der Waals surface area contributed by atoms with Gasteiger partial charge in [0, 0.05) is 32.7 Å². The molecule has 6 aromatic carbocycles. The van der Waals surface area contributed by atoms with E-state index >= 15 is 8.78 Å². The SMILES string of the molecule is O[C@@H](COc1ccc2c(ccc3c4ccccc4ccc23)c1)CN1CCN(C2c3ccccc3C(F)C(F)c3c(C4CC4)cccc32)CC1. The summed E-state index contributed by atoms with van der Waals surface area (Å²) in [6.07, 6.45) is -1.92. The number of rotatable bonds is 7. The van der Waals surface area contributed by atoms with E-state index in [1.54, 1.807) is 6.07 Å². The Bertz CT molecular complexity index is 2170. The van der Waals surface area contributed by atoms with Gasteiger partial charge in [0.1, 0.15) is 18.5 Å². The lowest BCUT2D eigenvalue weighted by atomic mass is 9.89. The summed E-state index contributed by atoms with van der Waals surface area (Å²) >= 11 is 0. The van der Waals surface area contributed by atoms with Crippen LogP contribution >= 0.6 is 0 Å². The molecular weight excluding hydrogens is 614 g/mol. The van der Waals surface area contributed by atoms with Crippen LogP contribution in [0.15, 0.2) is 109 Å². The summed E-state index contributed by atoms with van der Waals surface area (Å²) in [6.45, 7) is 3.68. The smallest absolute Gasteiger partial charge is 0.161 e. The van der Waals surface area contributed by atoms with Crippen molar-refractivity contribution in [2.45, 2.75) is 43.2 Å². The Morgan fingerprint density at radius 1 is 0.633 bits per heavy atom. The van der Waals surface area contributed by atoms with Gasteiger partial charge in [0.15, 0.2) is 12.3 Å². The van der Waals surface area contributed by atoms with Gasteiger partial charge in [-0.3, -0.25) is 9.80 Å². The minimum absolute atomic E-state index is 0.201. The molecule has 6 aromatic rings. The molecular formula is C43H40F2N2O2. The molecule has 49 heavy (non-hydrogen) atoms. The second-order valence-electron chi connectivity index (χ2n) is 14.1. The van der Waals surface area contributed by atoms with Crippen LogP contribution in [0.3, 0.4) is 0 Å². The number of hydrogen-bond donors (Lipinski definition) is 1. The summed E-state index contributed by atoms with van der Waals surface area (Å²) in [5, 5.41) is 18.2. The van der Waals surface area contributed by atoms with Crippen molar-refractivity contribution in [2.24, 2.45) is 0 Å². The third-order valence-corrected chi connectivity index (χ3v) is 11.0. The average Bonchev–Trinajstić information content (AvgIpc) is 4.00. The van der Waals surface area contributed by atoms with Gasteiger partial charge in [0.05, 0.1) is 6.04 Å². The van der Waals surface area contributed by atoms with Crippen LogP contribution in [-0.2, 0) is 0 Å². The van der Waals surface area contributed by atoms with Crippen molar-refractivity contribution in [1.82, 2.24) is 9.80 Å². The van der Waals surface area contributed by atoms with Gasteiger partial charge in [-0.1, -0.05) is 97.1 Å². The number of halogens is 2. The number of ether oxygens (including phenoxy) is 1. The lowest BCUT2D eigenvalue weighted by Gasteiger charge is -2.40. The zero-order chi connectivity index (χ0) is 33.1. The number of nitrogens with zero attached hydrogens (tertiary/aromatic N) is 2. The molecule has 248 valence electrons. The molecule has 0 bridgehead atoms. The first-order valence-electron chi connectivity index (χ1n) is 17.6. The number of β-amino-alcohol motifs (C(OH)–C–C–N with tert-alkyl or cyclic N) is 1. The first-order chi connectivity index (χ1) is 24.0. The van der Waals surface area contributed by atoms with Crippen molar-refractivity contribution in [3.63, 3.8) is 0 Å². The molecule has 0 amide bonds. The molecule has 6 heteroatoms. The summed E-state index contributed by atoms with van der Waals surface area (Å²) < 4.78 is 38.0. The molecule has 1 N–H and O–H groups in total. The predicted molar refractivity (Wildman–Crippen MR) is 193 cm³/mol. The summed E-state index contributed by atoms with van der Waals surface area (Å²) in [5.41, 5.74) is 3.79. The number of alkyl halides is 2. The van der Waals surface area contributed by atoms with Gasteiger partial charge >= 0.3 is 0 Å². The van der Waals surface area contributed by atoms with Crippen molar-refractivity contribution in [2.75, 3.05) is 39.3 Å². The molecule has 2 aliphatic carbocycles. The largest absolute Gasteiger partial charge is 0.491 e. The minimum Gasteiger partial charge on any atom is -0.491 e. The molecule has 3 aliphatic rings. The van der Waals surface area contributed by atoms with E-state index in [0.717, 1.165) is 66.8 Å². The fourth-order valence-corrected chi connectivity index (χ4v) is 8.43. The molecule has 1 saturated carbocycles. The standard InChI is InChI=1S/C43H40F2N2O2/c44-41-37-8-3-4-9-38(37)43(39-11-5-10-34(28-12-13-28)40(39)42(41)45)47-22-20-46(21-23-47)25-30(48)26-49-31-16-19-33-29(24-31)15-18-35-32-7-2-1-6-27(32)14-17-36(33)35/h1-11,14-19,24,28,30,41-43,48H,12-13,20-23,25-26H2/t30-,41?,42?,43?/m1/s1. The van der Waals surface area contributed by atoms with Crippen LogP contribution in [-0.4, -0.2) is 60.3 Å². The Hall–Kier alpha value is -4.36. The molecule has 9 rings (SSSR count). The third kappa shape index (κ3) is 5.56. The number of aliphatic hydroxyl groups excluding tert-OH is 1. The Morgan fingerprint density at radius 2 is 1.29 bits per heavy atom. The number of fused-ring (bicyclic) bond motifs is 7. The quantitative estimate of drug-likeness (QED) is 0.174. The average molecular weight is 655 g/mol. The van der Waals surface area contributed by atoms with Gasteiger partial charge in [-0.15, -0.1) is 0 Å². The highest BCUT2D eigenvalue weighted by molar-refractivity contribution is 6.17. The van der Waals surface area contributed by atoms with Crippen molar-refractivity contribution >= 4 is 32.3 Å². The van der Waals surface area contributed by atoms with Crippen LogP contribution in [0.25, 0.3) is 32.3 Å². The normalized spacial score (nSPS) is 22.1. The van der Waals surface area contributed by atoms with Crippen LogP contribution in [0.5, 0.6) is 5.75 Å². The molecule has 1 heterocycles. The summed E-state index contributed by atoms with van der Waals surface area (Å²) in [4.78, 5) is 4.64. The zero-order valence-corrected chi connectivity index (χ0v) is 27.4. The van der Waals surface area contributed by atoms with Crippen LogP contribution in [0.2, 0.25) is 0 Å². The Labute approximate surface area is 285 Å². The Kier molecular flexibility index (Phi) is 7.83. The highest BCUT2D eigenvalue weighted by Crippen LogP contribution is 2.53. The molecule has 0 radical (unpaired) electrons.